The van der Waals surface area contributed by atoms with Crippen molar-refractivity contribution in [1.29, 1.82) is 0 Å². The second-order valence-electron chi connectivity index (χ2n) is 13.9. The predicted molar refractivity (Wildman–Crippen MR) is 220 cm³/mol. The Morgan fingerprint density at radius 1 is 0.321 bits per heavy atom. The number of rotatable bonds is 3. The third kappa shape index (κ3) is 3.99. The highest BCUT2D eigenvalue weighted by Gasteiger charge is 2.23. The van der Waals surface area contributed by atoms with Crippen molar-refractivity contribution in [3.05, 3.63) is 170 Å². The van der Waals surface area contributed by atoms with Crippen molar-refractivity contribution in [1.82, 2.24) is 0 Å². The lowest BCUT2D eigenvalue weighted by atomic mass is 9.83. The van der Waals surface area contributed by atoms with E-state index in [2.05, 4.69) is 146 Å². The van der Waals surface area contributed by atoms with E-state index in [4.69, 9.17) is 13.3 Å². The van der Waals surface area contributed by atoms with Crippen LogP contribution in [-0.2, 0) is 0 Å². The van der Waals surface area contributed by atoms with Gasteiger partial charge in [0.1, 0.15) is 27.9 Å². The van der Waals surface area contributed by atoms with E-state index in [0.29, 0.717) is 0 Å². The molecular formula is C50H28O3. The van der Waals surface area contributed by atoms with E-state index in [1.807, 2.05) is 18.2 Å². The highest BCUT2D eigenvalue weighted by molar-refractivity contribution is 6.29. The van der Waals surface area contributed by atoms with Gasteiger partial charge in [-0.1, -0.05) is 121 Å². The number of benzene rings is 9. The fourth-order valence-electron chi connectivity index (χ4n) is 8.91. The van der Waals surface area contributed by atoms with Crippen LogP contribution in [0.15, 0.2) is 183 Å². The summed E-state index contributed by atoms with van der Waals surface area (Å²) in [7, 11) is 0. The van der Waals surface area contributed by atoms with E-state index in [1.54, 1.807) is 6.26 Å². The lowest BCUT2D eigenvalue weighted by Gasteiger charge is -2.20. The predicted octanol–water partition coefficient (Wildman–Crippen LogP) is 14.7. The van der Waals surface area contributed by atoms with Gasteiger partial charge in [0.05, 0.1) is 11.6 Å². The van der Waals surface area contributed by atoms with Crippen LogP contribution in [0.2, 0.25) is 0 Å². The molecule has 3 heterocycles. The van der Waals surface area contributed by atoms with Crippen molar-refractivity contribution in [2.75, 3.05) is 0 Å². The van der Waals surface area contributed by atoms with Crippen molar-refractivity contribution in [2.24, 2.45) is 0 Å². The fraction of sp³-hybridized carbons (Fsp3) is 0. The summed E-state index contributed by atoms with van der Waals surface area (Å²) in [5.41, 5.74) is 11.5. The van der Waals surface area contributed by atoms with Gasteiger partial charge >= 0.3 is 0 Å². The summed E-state index contributed by atoms with van der Waals surface area (Å²) in [6, 6.07) is 58.6. The molecule has 9 aromatic carbocycles. The molecule has 53 heavy (non-hydrogen) atoms. The summed E-state index contributed by atoms with van der Waals surface area (Å²) in [5, 5.41) is 12.7. The van der Waals surface area contributed by atoms with Crippen LogP contribution >= 0.6 is 0 Å². The van der Waals surface area contributed by atoms with Gasteiger partial charge in [-0.25, -0.2) is 0 Å². The van der Waals surface area contributed by atoms with E-state index in [9.17, 15) is 0 Å². The first-order valence-electron chi connectivity index (χ1n) is 18.0. The standard InChI is InChI=1S/C50H28O3/c1-2-11-33-32(10-1)31(29-20-24-42-30(28-29)26-27-51-42)21-22-38(33)46-34-12-3-5-14-36(34)47(37-15-6-4-13-35(37)46)40-17-9-19-44-48(40)41-23-25-45-49(50(41)53-44)39-16-7-8-18-43(39)52-45/h1-28H. The number of furan rings is 3. The normalized spacial score (nSPS) is 12.2. The summed E-state index contributed by atoms with van der Waals surface area (Å²) >= 11 is 0. The van der Waals surface area contributed by atoms with Crippen LogP contribution in [0, 0.1) is 0 Å². The molecule has 0 spiro atoms. The monoisotopic (exact) mass is 676 g/mol. The minimum atomic E-state index is 0.833. The van der Waals surface area contributed by atoms with Crippen LogP contribution in [0.3, 0.4) is 0 Å². The third-order valence-electron chi connectivity index (χ3n) is 11.2. The molecule has 12 rings (SSSR count). The lowest BCUT2D eigenvalue weighted by molar-refractivity contribution is 0.616. The van der Waals surface area contributed by atoms with Crippen molar-refractivity contribution in [3.8, 4) is 33.4 Å². The Kier molecular flexibility index (Phi) is 5.77. The molecule has 0 N–H and O–H groups in total. The van der Waals surface area contributed by atoms with E-state index in [0.717, 1.165) is 60.4 Å². The SMILES string of the molecule is c1ccc2c(c1)oc1ccc3c(oc4cccc(-c5c6ccccc6c(-c6ccc(-c7ccc8occc8c7)c7ccccc67)c6ccccc56)c43)c12. The zero-order chi connectivity index (χ0) is 34.6. The van der Waals surface area contributed by atoms with E-state index >= 15 is 0 Å². The number of hydrogen-bond acceptors (Lipinski definition) is 3. The Morgan fingerprint density at radius 3 is 1.66 bits per heavy atom. The molecule has 0 atom stereocenters. The average molecular weight is 677 g/mol. The molecule has 0 fully saturated rings. The first-order chi connectivity index (χ1) is 26.3. The quantitative estimate of drug-likeness (QED) is 0.175. The molecule has 0 aliphatic carbocycles. The van der Waals surface area contributed by atoms with Gasteiger partial charge in [-0.05, 0) is 108 Å². The van der Waals surface area contributed by atoms with Gasteiger partial charge < -0.3 is 13.3 Å². The number of hydrogen-bond donors (Lipinski definition) is 0. The second kappa shape index (κ2) is 10.7. The number of fused-ring (bicyclic) bond motifs is 11. The Morgan fingerprint density at radius 2 is 0.906 bits per heavy atom. The molecule has 12 aromatic rings. The van der Waals surface area contributed by atoms with Crippen LogP contribution in [0.25, 0.3) is 121 Å². The summed E-state index contributed by atoms with van der Waals surface area (Å²) in [5.74, 6) is 0. The van der Waals surface area contributed by atoms with Crippen LogP contribution in [-0.4, -0.2) is 0 Å². The van der Waals surface area contributed by atoms with Crippen molar-refractivity contribution < 1.29 is 13.3 Å². The molecule has 0 saturated carbocycles. The largest absolute Gasteiger partial charge is 0.464 e. The minimum Gasteiger partial charge on any atom is -0.464 e. The van der Waals surface area contributed by atoms with Crippen molar-refractivity contribution in [2.45, 2.75) is 0 Å². The zero-order valence-corrected chi connectivity index (χ0v) is 28.4. The summed E-state index contributed by atoms with van der Waals surface area (Å²) in [6.45, 7) is 0. The van der Waals surface area contributed by atoms with E-state index in [1.165, 1.54) is 60.1 Å². The molecule has 3 aromatic heterocycles. The average Bonchev–Trinajstić information content (AvgIpc) is 3.94. The Balaban J connectivity index is 1.16. The molecule has 3 nitrogen and oxygen atoms in total. The van der Waals surface area contributed by atoms with Crippen LogP contribution in [0.5, 0.6) is 0 Å². The van der Waals surface area contributed by atoms with Gasteiger partial charge in [-0.3, -0.25) is 0 Å². The van der Waals surface area contributed by atoms with E-state index < -0.39 is 0 Å². The van der Waals surface area contributed by atoms with Crippen LogP contribution in [0.4, 0.5) is 0 Å². The maximum absolute atomic E-state index is 6.76. The van der Waals surface area contributed by atoms with Gasteiger partial charge in [0, 0.05) is 21.5 Å². The van der Waals surface area contributed by atoms with Gasteiger partial charge in [-0.2, -0.15) is 0 Å². The molecule has 0 aliphatic rings. The van der Waals surface area contributed by atoms with Crippen LogP contribution in [0.1, 0.15) is 0 Å². The highest BCUT2D eigenvalue weighted by Crippen LogP contribution is 2.49. The van der Waals surface area contributed by atoms with Crippen molar-refractivity contribution >= 4 is 87.2 Å². The third-order valence-corrected chi connectivity index (χ3v) is 11.2. The first-order valence-corrected chi connectivity index (χ1v) is 18.0. The van der Waals surface area contributed by atoms with Gasteiger partial charge in [0.2, 0.25) is 0 Å². The minimum absolute atomic E-state index is 0.833. The molecule has 246 valence electrons. The van der Waals surface area contributed by atoms with Gasteiger partial charge in [0.25, 0.3) is 0 Å². The first kappa shape index (κ1) is 28.6. The van der Waals surface area contributed by atoms with Gasteiger partial charge in [0.15, 0.2) is 0 Å². The lowest BCUT2D eigenvalue weighted by Crippen LogP contribution is -1.92. The summed E-state index contributed by atoms with van der Waals surface area (Å²) < 4.78 is 18.7. The Bertz CT molecular complexity index is 3410. The fourth-order valence-corrected chi connectivity index (χ4v) is 8.91. The molecule has 0 unspecified atom stereocenters. The molecule has 0 bridgehead atoms. The second-order valence-corrected chi connectivity index (χ2v) is 13.9. The maximum atomic E-state index is 6.76. The molecule has 0 amide bonds. The molecule has 0 aliphatic heterocycles. The van der Waals surface area contributed by atoms with E-state index in [-0.39, 0.29) is 0 Å². The highest BCUT2D eigenvalue weighted by atomic mass is 16.3. The Labute approximate surface area is 302 Å². The molecule has 0 saturated heterocycles. The van der Waals surface area contributed by atoms with Crippen molar-refractivity contribution in [3.63, 3.8) is 0 Å². The Hall–Kier alpha value is -7.10. The smallest absolute Gasteiger partial charge is 0.147 e. The molecular weight excluding hydrogens is 649 g/mol. The molecule has 3 heteroatoms. The number of para-hydroxylation sites is 1. The van der Waals surface area contributed by atoms with Gasteiger partial charge in [-0.15, -0.1) is 0 Å². The van der Waals surface area contributed by atoms with Crippen LogP contribution < -0.4 is 0 Å². The summed E-state index contributed by atoms with van der Waals surface area (Å²) in [6.07, 6.45) is 1.75. The maximum Gasteiger partial charge on any atom is 0.147 e. The zero-order valence-electron chi connectivity index (χ0n) is 28.4. The topological polar surface area (TPSA) is 39.4 Å². The molecule has 0 radical (unpaired) electrons. The summed E-state index contributed by atoms with van der Waals surface area (Å²) in [4.78, 5) is 0.